The van der Waals surface area contributed by atoms with E-state index in [0.29, 0.717) is 56.4 Å². The van der Waals surface area contributed by atoms with E-state index in [1.165, 1.54) is 5.56 Å². The van der Waals surface area contributed by atoms with Gasteiger partial charge in [-0.05, 0) is 60.6 Å². The van der Waals surface area contributed by atoms with E-state index in [-0.39, 0.29) is 29.7 Å². The summed E-state index contributed by atoms with van der Waals surface area (Å²) in [6, 6.07) is 7.21. The molecule has 3 fully saturated rings. The lowest BCUT2D eigenvalue weighted by molar-refractivity contribution is -0.140. The zero-order valence-electron chi connectivity index (χ0n) is 22.3. The summed E-state index contributed by atoms with van der Waals surface area (Å²) < 4.78 is 0. The molecular formula is C28H40N4O4. The van der Waals surface area contributed by atoms with Crippen LogP contribution in [0.25, 0.3) is 0 Å². The predicted octanol–water partition coefficient (Wildman–Crippen LogP) is 3.62. The molecule has 0 unspecified atom stereocenters. The van der Waals surface area contributed by atoms with Crippen molar-refractivity contribution in [3.05, 3.63) is 35.4 Å². The minimum absolute atomic E-state index is 0.0423. The summed E-state index contributed by atoms with van der Waals surface area (Å²) in [5.74, 6) is 0.343. The number of hydrogen-bond donors (Lipinski definition) is 1. The normalized spacial score (nSPS) is 25.1. The maximum absolute atomic E-state index is 13.3. The highest BCUT2D eigenvalue weighted by Crippen LogP contribution is 2.43. The molecule has 5 amide bonds. The summed E-state index contributed by atoms with van der Waals surface area (Å²) in [6.45, 7) is 12.2. The van der Waals surface area contributed by atoms with Crippen LogP contribution in [0.4, 0.5) is 4.79 Å². The standard InChI is InChI=1S/C28H40N4O4/c1-19(2)20-6-8-21(9-7-20)24(34)31-16-14-30(15-17-31)23(33)18-32-25(35)28(29-26(32)36)12-10-22(11-13-28)27(3,4)5/h6-9,19,22H,10-18H2,1-5H3,(H,29,36). The molecule has 1 N–H and O–H groups in total. The van der Waals surface area contributed by atoms with Crippen LogP contribution in [0.2, 0.25) is 0 Å². The molecule has 2 aliphatic heterocycles. The predicted molar refractivity (Wildman–Crippen MR) is 137 cm³/mol. The second-order valence-electron chi connectivity index (χ2n) is 12.0. The molecule has 0 radical (unpaired) electrons. The minimum atomic E-state index is -0.866. The average Bonchev–Trinajstić information content (AvgIpc) is 3.07. The van der Waals surface area contributed by atoms with E-state index in [4.69, 9.17) is 0 Å². The lowest BCUT2D eigenvalue weighted by Crippen LogP contribution is -2.54. The molecule has 4 rings (SSSR count). The van der Waals surface area contributed by atoms with E-state index in [9.17, 15) is 19.2 Å². The zero-order chi connectivity index (χ0) is 26.3. The number of carbonyl (C=O) groups is 4. The second-order valence-corrected chi connectivity index (χ2v) is 12.0. The molecule has 0 bridgehead atoms. The fraction of sp³-hybridized carbons (Fsp3) is 0.643. The van der Waals surface area contributed by atoms with Gasteiger partial charge in [-0.25, -0.2) is 4.79 Å². The van der Waals surface area contributed by atoms with Crippen molar-refractivity contribution in [1.82, 2.24) is 20.0 Å². The van der Waals surface area contributed by atoms with Crippen LogP contribution < -0.4 is 5.32 Å². The summed E-state index contributed by atoms with van der Waals surface area (Å²) in [4.78, 5) is 56.3. The summed E-state index contributed by atoms with van der Waals surface area (Å²) in [5.41, 5.74) is 1.13. The number of carbonyl (C=O) groups excluding carboxylic acids is 4. The average molecular weight is 497 g/mol. The van der Waals surface area contributed by atoms with Gasteiger partial charge < -0.3 is 15.1 Å². The number of imide groups is 1. The quantitative estimate of drug-likeness (QED) is 0.645. The van der Waals surface area contributed by atoms with E-state index in [1.54, 1.807) is 9.80 Å². The van der Waals surface area contributed by atoms with E-state index >= 15 is 0 Å². The fourth-order valence-electron chi connectivity index (χ4n) is 5.72. The highest BCUT2D eigenvalue weighted by Gasteiger charge is 2.53. The van der Waals surface area contributed by atoms with Gasteiger partial charge in [-0.2, -0.15) is 0 Å². The maximum Gasteiger partial charge on any atom is 0.325 e. The van der Waals surface area contributed by atoms with Gasteiger partial charge in [0.2, 0.25) is 5.91 Å². The molecule has 1 aromatic rings. The molecule has 0 aromatic heterocycles. The topological polar surface area (TPSA) is 90.0 Å². The monoisotopic (exact) mass is 496 g/mol. The zero-order valence-corrected chi connectivity index (χ0v) is 22.3. The number of hydrogen-bond acceptors (Lipinski definition) is 4. The van der Waals surface area contributed by atoms with Crippen molar-refractivity contribution >= 4 is 23.8 Å². The van der Waals surface area contributed by atoms with E-state index in [0.717, 1.165) is 17.7 Å². The SMILES string of the molecule is CC(C)c1ccc(C(=O)N2CCN(C(=O)CN3C(=O)NC4(CCC(C(C)(C)C)CC4)C3=O)CC2)cc1. The van der Waals surface area contributed by atoms with Gasteiger partial charge in [-0.1, -0.05) is 46.8 Å². The molecule has 1 spiro atoms. The van der Waals surface area contributed by atoms with Gasteiger partial charge in [0.05, 0.1) is 0 Å². The number of piperazine rings is 1. The first-order valence-electron chi connectivity index (χ1n) is 13.2. The first-order chi connectivity index (χ1) is 16.9. The van der Waals surface area contributed by atoms with Gasteiger partial charge in [0.25, 0.3) is 11.8 Å². The highest BCUT2D eigenvalue weighted by molar-refractivity contribution is 6.09. The van der Waals surface area contributed by atoms with Crippen molar-refractivity contribution in [3.63, 3.8) is 0 Å². The number of amides is 5. The van der Waals surface area contributed by atoms with Gasteiger partial charge >= 0.3 is 6.03 Å². The van der Waals surface area contributed by atoms with Crippen molar-refractivity contribution in [2.45, 2.75) is 71.8 Å². The lowest BCUT2D eigenvalue weighted by atomic mass is 9.67. The number of benzene rings is 1. The molecule has 0 atom stereocenters. The second kappa shape index (κ2) is 9.87. The molecule has 2 heterocycles. The third kappa shape index (κ3) is 5.13. The summed E-state index contributed by atoms with van der Waals surface area (Å²) in [6.07, 6.45) is 2.99. The third-order valence-corrected chi connectivity index (χ3v) is 8.35. The summed E-state index contributed by atoms with van der Waals surface area (Å²) in [5, 5.41) is 2.91. The number of rotatable bonds is 4. The molecule has 2 saturated heterocycles. The fourth-order valence-corrected chi connectivity index (χ4v) is 5.72. The minimum Gasteiger partial charge on any atom is -0.338 e. The molecule has 1 aromatic carbocycles. The number of urea groups is 1. The first-order valence-corrected chi connectivity index (χ1v) is 13.2. The van der Waals surface area contributed by atoms with Crippen LogP contribution >= 0.6 is 0 Å². The maximum atomic E-state index is 13.3. The molecule has 1 saturated carbocycles. The smallest absolute Gasteiger partial charge is 0.325 e. The Bertz CT molecular complexity index is 1010. The third-order valence-electron chi connectivity index (χ3n) is 8.35. The van der Waals surface area contributed by atoms with Gasteiger partial charge in [-0.15, -0.1) is 0 Å². The Morgan fingerprint density at radius 1 is 0.972 bits per heavy atom. The Morgan fingerprint density at radius 2 is 1.53 bits per heavy atom. The number of nitrogens with zero attached hydrogens (tertiary/aromatic N) is 3. The molecular weight excluding hydrogens is 456 g/mol. The molecule has 8 nitrogen and oxygen atoms in total. The van der Waals surface area contributed by atoms with Crippen molar-refractivity contribution in [3.8, 4) is 0 Å². The molecule has 3 aliphatic rings. The Kier molecular flexibility index (Phi) is 7.17. The van der Waals surface area contributed by atoms with Gasteiger partial charge in [0, 0.05) is 31.7 Å². The summed E-state index contributed by atoms with van der Waals surface area (Å²) in [7, 11) is 0. The van der Waals surface area contributed by atoms with Crippen molar-refractivity contribution in [2.24, 2.45) is 11.3 Å². The Morgan fingerprint density at radius 3 is 2.06 bits per heavy atom. The Balaban J connectivity index is 1.30. The molecule has 1 aliphatic carbocycles. The highest BCUT2D eigenvalue weighted by atomic mass is 16.2. The first kappa shape index (κ1) is 26.2. The van der Waals surface area contributed by atoms with Crippen LogP contribution in [0.15, 0.2) is 24.3 Å². The van der Waals surface area contributed by atoms with Crippen LogP contribution in [0.3, 0.4) is 0 Å². The van der Waals surface area contributed by atoms with E-state index in [1.807, 2.05) is 24.3 Å². The Labute approximate surface area is 214 Å². The molecule has 36 heavy (non-hydrogen) atoms. The van der Waals surface area contributed by atoms with Crippen molar-refractivity contribution < 1.29 is 19.2 Å². The van der Waals surface area contributed by atoms with E-state index < -0.39 is 11.6 Å². The van der Waals surface area contributed by atoms with Gasteiger partial charge in [-0.3, -0.25) is 19.3 Å². The van der Waals surface area contributed by atoms with Crippen LogP contribution in [0.5, 0.6) is 0 Å². The number of nitrogens with one attached hydrogen (secondary N) is 1. The largest absolute Gasteiger partial charge is 0.338 e. The Hall–Kier alpha value is -2.90. The van der Waals surface area contributed by atoms with Gasteiger partial charge in [0.1, 0.15) is 12.1 Å². The van der Waals surface area contributed by atoms with Crippen LogP contribution in [-0.4, -0.2) is 76.7 Å². The van der Waals surface area contributed by atoms with Crippen LogP contribution in [-0.2, 0) is 9.59 Å². The lowest BCUT2D eigenvalue weighted by Gasteiger charge is -2.40. The van der Waals surface area contributed by atoms with Gasteiger partial charge in [0.15, 0.2) is 0 Å². The molecule has 8 heteroatoms. The summed E-state index contributed by atoms with van der Waals surface area (Å²) >= 11 is 0. The molecule has 196 valence electrons. The van der Waals surface area contributed by atoms with Crippen molar-refractivity contribution in [2.75, 3.05) is 32.7 Å². The van der Waals surface area contributed by atoms with Crippen LogP contribution in [0, 0.1) is 11.3 Å². The van der Waals surface area contributed by atoms with Crippen molar-refractivity contribution in [1.29, 1.82) is 0 Å². The van der Waals surface area contributed by atoms with E-state index in [2.05, 4.69) is 39.9 Å². The van der Waals surface area contributed by atoms with Crippen LogP contribution in [0.1, 0.15) is 82.1 Å².